The monoisotopic (exact) mass is 269 g/mol. The van der Waals surface area contributed by atoms with E-state index in [9.17, 15) is 0 Å². The number of nitrogens with zero attached hydrogens (tertiary/aromatic N) is 1. The summed E-state index contributed by atoms with van der Waals surface area (Å²) in [5, 5.41) is 0. The molecule has 0 fully saturated rings. The fraction of sp³-hybridized carbons (Fsp3) is 0.312. The van der Waals surface area contributed by atoms with Gasteiger partial charge in [0.1, 0.15) is 5.75 Å². The summed E-state index contributed by atoms with van der Waals surface area (Å²) in [6.07, 6.45) is 3.93. The van der Waals surface area contributed by atoms with Crippen molar-refractivity contribution in [2.45, 2.75) is 25.8 Å². The number of aromatic nitrogens is 1. The molecule has 1 unspecified atom stereocenters. The van der Waals surface area contributed by atoms with Crippen molar-refractivity contribution >= 4 is 0 Å². The second kappa shape index (κ2) is 5.61. The Morgan fingerprint density at radius 2 is 2.10 bits per heavy atom. The van der Waals surface area contributed by atoms with Crippen LogP contribution in [-0.4, -0.2) is 11.6 Å². The van der Waals surface area contributed by atoms with Crippen molar-refractivity contribution in [3.8, 4) is 5.75 Å². The minimum atomic E-state index is -0.100. The molecule has 0 amide bonds. The van der Waals surface area contributed by atoms with Crippen LogP contribution in [0.5, 0.6) is 5.75 Å². The van der Waals surface area contributed by atoms with E-state index in [1.165, 1.54) is 5.56 Å². The third-order valence-electron chi connectivity index (χ3n) is 3.80. The van der Waals surface area contributed by atoms with E-state index in [4.69, 9.17) is 10.6 Å². The first kappa shape index (κ1) is 13.1. The van der Waals surface area contributed by atoms with Gasteiger partial charge in [0.2, 0.25) is 0 Å². The van der Waals surface area contributed by atoms with Gasteiger partial charge in [0.25, 0.3) is 0 Å². The maximum atomic E-state index is 5.88. The van der Waals surface area contributed by atoms with Crippen LogP contribution in [0.4, 0.5) is 0 Å². The van der Waals surface area contributed by atoms with Gasteiger partial charge in [0.05, 0.1) is 12.6 Å². The Morgan fingerprint density at radius 3 is 2.90 bits per heavy atom. The van der Waals surface area contributed by atoms with Gasteiger partial charge < -0.3 is 4.74 Å². The largest absolute Gasteiger partial charge is 0.493 e. The Labute approximate surface area is 119 Å². The zero-order chi connectivity index (χ0) is 13.9. The first-order valence-corrected chi connectivity index (χ1v) is 6.93. The van der Waals surface area contributed by atoms with Crippen LogP contribution in [0.25, 0.3) is 0 Å². The van der Waals surface area contributed by atoms with E-state index in [2.05, 4.69) is 34.7 Å². The average molecular weight is 269 g/mol. The summed E-state index contributed by atoms with van der Waals surface area (Å²) in [7, 11) is 0. The van der Waals surface area contributed by atoms with Crippen molar-refractivity contribution < 1.29 is 4.74 Å². The fourth-order valence-corrected chi connectivity index (χ4v) is 2.79. The number of aryl methyl sites for hydroxylation is 2. The third kappa shape index (κ3) is 2.28. The molecule has 1 aliphatic heterocycles. The second-order valence-corrected chi connectivity index (χ2v) is 5.07. The van der Waals surface area contributed by atoms with E-state index in [1.807, 2.05) is 13.0 Å². The van der Waals surface area contributed by atoms with Gasteiger partial charge in [-0.15, -0.1) is 0 Å². The second-order valence-electron chi connectivity index (χ2n) is 5.07. The molecular formula is C16H19N3O. The predicted molar refractivity (Wildman–Crippen MR) is 78.4 cm³/mol. The normalized spacial score (nSPS) is 15.3. The van der Waals surface area contributed by atoms with Gasteiger partial charge in [-0.05, 0) is 37.0 Å². The minimum absolute atomic E-state index is 0.100. The number of nitrogens with one attached hydrogen (secondary N) is 1. The number of fused-ring (bicyclic) bond motifs is 1. The number of hydrogen-bond donors (Lipinski definition) is 2. The lowest BCUT2D eigenvalue weighted by atomic mass is 9.93. The van der Waals surface area contributed by atoms with Crippen LogP contribution < -0.4 is 16.0 Å². The highest BCUT2D eigenvalue weighted by molar-refractivity contribution is 5.48. The van der Waals surface area contributed by atoms with Crippen molar-refractivity contribution in [3.05, 3.63) is 58.9 Å². The Kier molecular flexibility index (Phi) is 3.67. The lowest BCUT2D eigenvalue weighted by molar-refractivity contribution is 0.283. The van der Waals surface area contributed by atoms with Gasteiger partial charge in [-0.3, -0.25) is 10.8 Å². The van der Waals surface area contributed by atoms with Gasteiger partial charge >= 0.3 is 0 Å². The van der Waals surface area contributed by atoms with Gasteiger partial charge in [-0.25, -0.2) is 5.43 Å². The number of hydrazine groups is 1. The summed E-state index contributed by atoms with van der Waals surface area (Å²) in [6, 6.07) is 10.1. The first-order chi connectivity index (χ1) is 9.81. The average Bonchev–Trinajstić information content (AvgIpc) is 2.50. The number of ether oxygens (including phenoxy) is 1. The molecule has 1 aromatic carbocycles. The third-order valence-corrected chi connectivity index (χ3v) is 3.80. The number of nitrogens with two attached hydrogens (primary N) is 1. The fourth-order valence-electron chi connectivity index (χ4n) is 2.79. The summed E-state index contributed by atoms with van der Waals surface area (Å²) < 4.78 is 5.88. The Morgan fingerprint density at radius 1 is 1.25 bits per heavy atom. The van der Waals surface area contributed by atoms with Gasteiger partial charge in [-0.2, -0.15) is 0 Å². The molecule has 0 saturated carbocycles. The number of rotatable bonds is 3. The van der Waals surface area contributed by atoms with Crippen molar-refractivity contribution in [2.75, 3.05) is 6.61 Å². The molecule has 104 valence electrons. The highest BCUT2D eigenvalue weighted by Gasteiger charge is 2.22. The van der Waals surface area contributed by atoms with Crippen molar-refractivity contribution in [1.29, 1.82) is 0 Å². The Hall–Kier alpha value is -1.91. The van der Waals surface area contributed by atoms with Crippen LogP contribution in [-0.2, 0) is 6.42 Å². The maximum absolute atomic E-state index is 5.88. The molecule has 1 aliphatic rings. The molecule has 1 atom stereocenters. The van der Waals surface area contributed by atoms with Crippen LogP contribution in [0.3, 0.4) is 0 Å². The molecule has 4 nitrogen and oxygen atoms in total. The summed E-state index contributed by atoms with van der Waals surface area (Å²) in [5.41, 5.74) is 7.31. The van der Waals surface area contributed by atoms with Crippen molar-refractivity contribution in [2.24, 2.45) is 5.84 Å². The van der Waals surface area contributed by atoms with Crippen molar-refractivity contribution in [3.63, 3.8) is 0 Å². The van der Waals surface area contributed by atoms with E-state index < -0.39 is 0 Å². The van der Waals surface area contributed by atoms with E-state index in [1.54, 1.807) is 6.20 Å². The number of para-hydroxylation sites is 1. The molecule has 0 aliphatic carbocycles. The standard InChI is InChI=1S/C16H19N3O/c1-11-13(8-3-9-18-11)15(19-17)14-7-2-5-12-6-4-10-20-16(12)14/h2-3,5,7-9,15,19H,4,6,10,17H2,1H3. The molecule has 0 saturated heterocycles. The highest BCUT2D eigenvalue weighted by Crippen LogP contribution is 2.35. The number of pyridine rings is 1. The van der Waals surface area contributed by atoms with E-state index in [-0.39, 0.29) is 6.04 Å². The van der Waals surface area contributed by atoms with Crippen LogP contribution in [0, 0.1) is 6.92 Å². The molecule has 3 rings (SSSR count). The number of hydrogen-bond acceptors (Lipinski definition) is 4. The molecule has 0 radical (unpaired) electrons. The Balaban J connectivity index is 2.09. The molecule has 1 aromatic heterocycles. The van der Waals surface area contributed by atoms with E-state index in [0.717, 1.165) is 42.0 Å². The maximum Gasteiger partial charge on any atom is 0.127 e. The van der Waals surface area contributed by atoms with Gasteiger partial charge in [0, 0.05) is 17.5 Å². The van der Waals surface area contributed by atoms with Crippen LogP contribution >= 0.6 is 0 Å². The predicted octanol–water partition coefficient (Wildman–Crippen LogP) is 2.27. The summed E-state index contributed by atoms with van der Waals surface area (Å²) in [5.74, 6) is 6.78. The van der Waals surface area contributed by atoms with E-state index >= 15 is 0 Å². The van der Waals surface area contributed by atoms with Crippen LogP contribution in [0.15, 0.2) is 36.5 Å². The summed E-state index contributed by atoms with van der Waals surface area (Å²) in [6.45, 7) is 2.77. The summed E-state index contributed by atoms with van der Waals surface area (Å²) >= 11 is 0. The zero-order valence-electron chi connectivity index (χ0n) is 11.6. The van der Waals surface area contributed by atoms with Crippen LogP contribution in [0.2, 0.25) is 0 Å². The molecule has 0 bridgehead atoms. The molecule has 0 spiro atoms. The number of benzene rings is 1. The minimum Gasteiger partial charge on any atom is -0.493 e. The lowest BCUT2D eigenvalue weighted by Gasteiger charge is -2.25. The first-order valence-electron chi connectivity index (χ1n) is 6.93. The van der Waals surface area contributed by atoms with Gasteiger partial charge in [-0.1, -0.05) is 24.3 Å². The molecule has 20 heavy (non-hydrogen) atoms. The highest BCUT2D eigenvalue weighted by atomic mass is 16.5. The smallest absolute Gasteiger partial charge is 0.127 e. The zero-order valence-corrected chi connectivity index (χ0v) is 11.6. The topological polar surface area (TPSA) is 60.2 Å². The molecular weight excluding hydrogens is 250 g/mol. The Bertz CT molecular complexity index is 612. The van der Waals surface area contributed by atoms with E-state index in [0.29, 0.717) is 0 Å². The molecule has 3 N–H and O–H groups in total. The van der Waals surface area contributed by atoms with Crippen LogP contribution in [0.1, 0.15) is 34.8 Å². The summed E-state index contributed by atoms with van der Waals surface area (Å²) in [4.78, 5) is 4.35. The van der Waals surface area contributed by atoms with Gasteiger partial charge in [0.15, 0.2) is 0 Å². The van der Waals surface area contributed by atoms with Crippen molar-refractivity contribution in [1.82, 2.24) is 10.4 Å². The SMILES string of the molecule is Cc1ncccc1C(NN)c1cccc2c1OCCC2. The molecule has 2 heterocycles. The lowest BCUT2D eigenvalue weighted by Crippen LogP contribution is -2.30. The molecule has 4 heteroatoms. The molecule has 2 aromatic rings. The quantitative estimate of drug-likeness (QED) is 0.663.